The van der Waals surface area contributed by atoms with Gasteiger partial charge in [-0.3, -0.25) is 0 Å². The molecule has 1 aliphatic carbocycles. The number of aryl methyl sites for hydroxylation is 1. The Morgan fingerprint density at radius 1 is 1.16 bits per heavy atom. The second kappa shape index (κ2) is 5.58. The van der Waals surface area contributed by atoms with E-state index in [1.165, 1.54) is 42.6 Å². The number of aromatic nitrogens is 2. The minimum atomic E-state index is 0.605. The fourth-order valence-electron chi connectivity index (χ4n) is 3.45. The minimum absolute atomic E-state index is 0.605. The molecule has 1 N–H and O–H groups in total. The van der Waals surface area contributed by atoms with Gasteiger partial charge >= 0.3 is 0 Å². The predicted octanol–water partition coefficient (Wildman–Crippen LogP) is 2.98. The van der Waals surface area contributed by atoms with Crippen LogP contribution in [0.1, 0.15) is 68.2 Å². The van der Waals surface area contributed by atoms with Crippen LogP contribution in [0.3, 0.4) is 0 Å². The molecule has 0 saturated heterocycles. The van der Waals surface area contributed by atoms with Crippen LogP contribution in [0.2, 0.25) is 0 Å². The van der Waals surface area contributed by atoms with E-state index >= 15 is 0 Å². The number of nitrogens with zero attached hydrogens (tertiary/aromatic N) is 2. The van der Waals surface area contributed by atoms with E-state index in [-0.39, 0.29) is 0 Å². The topological polar surface area (TPSA) is 37.8 Å². The Kier molecular flexibility index (Phi) is 3.83. The Morgan fingerprint density at radius 3 is 2.68 bits per heavy atom. The standard InChI is InChI=1S/C16H25N3/c1-3-14-13-8-9-17-10-15(13)19-16(18-14)12-6-4-11(2)5-7-12/h11-12,17H,3-10H2,1-2H3. The Bertz CT molecular complexity index is 430. The molecule has 0 atom stereocenters. The van der Waals surface area contributed by atoms with Crippen LogP contribution in [0.5, 0.6) is 0 Å². The summed E-state index contributed by atoms with van der Waals surface area (Å²) < 4.78 is 0. The average Bonchev–Trinajstić information content (AvgIpc) is 2.47. The van der Waals surface area contributed by atoms with E-state index in [2.05, 4.69) is 19.2 Å². The first kappa shape index (κ1) is 13.0. The van der Waals surface area contributed by atoms with Crippen molar-refractivity contribution in [2.75, 3.05) is 6.54 Å². The zero-order valence-electron chi connectivity index (χ0n) is 12.2. The monoisotopic (exact) mass is 259 g/mol. The molecule has 19 heavy (non-hydrogen) atoms. The highest BCUT2D eigenvalue weighted by atomic mass is 15.0. The summed E-state index contributed by atoms with van der Waals surface area (Å²) in [7, 11) is 0. The van der Waals surface area contributed by atoms with Crippen LogP contribution < -0.4 is 5.32 Å². The van der Waals surface area contributed by atoms with Gasteiger partial charge in [-0.25, -0.2) is 9.97 Å². The summed E-state index contributed by atoms with van der Waals surface area (Å²) in [6.45, 7) is 6.59. The molecule has 1 aromatic heterocycles. The number of fused-ring (bicyclic) bond motifs is 1. The first-order valence-electron chi connectivity index (χ1n) is 7.87. The Labute approximate surface area is 116 Å². The molecule has 0 bridgehead atoms. The van der Waals surface area contributed by atoms with E-state index in [0.29, 0.717) is 5.92 Å². The number of nitrogens with one attached hydrogen (secondary N) is 1. The maximum absolute atomic E-state index is 4.91. The molecule has 0 radical (unpaired) electrons. The summed E-state index contributed by atoms with van der Waals surface area (Å²) in [5, 5.41) is 3.44. The highest BCUT2D eigenvalue weighted by Gasteiger charge is 2.24. The first-order chi connectivity index (χ1) is 9.28. The maximum Gasteiger partial charge on any atom is 0.132 e. The van der Waals surface area contributed by atoms with Gasteiger partial charge in [-0.2, -0.15) is 0 Å². The third-order valence-corrected chi connectivity index (χ3v) is 4.76. The van der Waals surface area contributed by atoms with E-state index in [1.54, 1.807) is 0 Å². The molecule has 2 aliphatic rings. The van der Waals surface area contributed by atoms with E-state index in [1.807, 2.05) is 0 Å². The van der Waals surface area contributed by atoms with E-state index in [9.17, 15) is 0 Å². The van der Waals surface area contributed by atoms with Crippen LogP contribution >= 0.6 is 0 Å². The van der Waals surface area contributed by atoms with E-state index in [0.717, 1.165) is 37.7 Å². The Morgan fingerprint density at radius 2 is 1.95 bits per heavy atom. The summed E-state index contributed by atoms with van der Waals surface area (Å²) in [6, 6.07) is 0. The van der Waals surface area contributed by atoms with Crippen LogP contribution in [0.4, 0.5) is 0 Å². The normalized spacial score (nSPS) is 27.1. The van der Waals surface area contributed by atoms with Gasteiger partial charge in [0.05, 0.1) is 5.69 Å². The second-order valence-electron chi connectivity index (χ2n) is 6.19. The molecule has 0 aromatic carbocycles. The highest BCUT2D eigenvalue weighted by Crippen LogP contribution is 2.34. The lowest BCUT2D eigenvalue weighted by Crippen LogP contribution is -2.28. The molecule has 3 rings (SSSR count). The molecule has 1 saturated carbocycles. The average molecular weight is 259 g/mol. The third-order valence-electron chi connectivity index (χ3n) is 4.76. The van der Waals surface area contributed by atoms with Crippen molar-refractivity contribution in [2.45, 2.75) is 64.8 Å². The molecular weight excluding hydrogens is 234 g/mol. The molecule has 1 aromatic rings. The van der Waals surface area contributed by atoms with Gasteiger partial charge in [0, 0.05) is 18.2 Å². The summed E-state index contributed by atoms with van der Waals surface area (Å²) in [5.74, 6) is 2.63. The van der Waals surface area contributed by atoms with Crippen molar-refractivity contribution < 1.29 is 0 Å². The molecule has 0 amide bonds. The second-order valence-corrected chi connectivity index (χ2v) is 6.19. The largest absolute Gasteiger partial charge is 0.311 e. The van der Waals surface area contributed by atoms with Crippen LogP contribution in [-0.2, 0) is 19.4 Å². The van der Waals surface area contributed by atoms with Crippen molar-refractivity contribution in [3.63, 3.8) is 0 Å². The van der Waals surface area contributed by atoms with Gasteiger partial charge in [0.1, 0.15) is 5.82 Å². The Balaban J connectivity index is 1.89. The first-order valence-corrected chi connectivity index (χ1v) is 7.87. The van der Waals surface area contributed by atoms with E-state index in [4.69, 9.17) is 9.97 Å². The molecule has 1 fully saturated rings. The minimum Gasteiger partial charge on any atom is -0.311 e. The van der Waals surface area contributed by atoms with Gasteiger partial charge in [-0.15, -0.1) is 0 Å². The van der Waals surface area contributed by atoms with Gasteiger partial charge in [0.15, 0.2) is 0 Å². The fourth-order valence-corrected chi connectivity index (χ4v) is 3.45. The van der Waals surface area contributed by atoms with Crippen LogP contribution in [-0.4, -0.2) is 16.5 Å². The highest BCUT2D eigenvalue weighted by molar-refractivity contribution is 5.29. The van der Waals surface area contributed by atoms with Crippen molar-refractivity contribution in [1.29, 1.82) is 0 Å². The van der Waals surface area contributed by atoms with Crippen molar-refractivity contribution in [1.82, 2.24) is 15.3 Å². The van der Waals surface area contributed by atoms with Gasteiger partial charge in [-0.1, -0.05) is 26.7 Å². The molecular formula is C16H25N3. The van der Waals surface area contributed by atoms with Crippen molar-refractivity contribution >= 4 is 0 Å². The Hall–Kier alpha value is -0.960. The van der Waals surface area contributed by atoms with Crippen molar-refractivity contribution in [3.05, 3.63) is 22.8 Å². The van der Waals surface area contributed by atoms with Crippen LogP contribution in [0.15, 0.2) is 0 Å². The predicted molar refractivity (Wildman–Crippen MR) is 77.2 cm³/mol. The molecule has 104 valence electrons. The summed E-state index contributed by atoms with van der Waals surface area (Å²) in [5.41, 5.74) is 4.00. The van der Waals surface area contributed by atoms with Gasteiger partial charge in [0.25, 0.3) is 0 Å². The molecule has 2 heterocycles. The lowest BCUT2D eigenvalue weighted by molar-refractivity contribution is 0.338. The number of hydrogen-bond donors (Lipinski definition) is 1. The molecule has 3 nitrogen and oxygen atoms in total. The zero-order chi connectivity index (χ0) is 13.2. The van der Waals surface area contributed by atoms with Crippen molar-refractivity contribution in [2.24, 2.45) is 5.92 Å². The maximum atomic E-state index is 4.91. The number of rotatable bonds is 2. The number of hydrogen-bond acceptors (Lipinski definition) is 3. The molecule has 3 heteroatoms. The third kappa shape index (κ3) is 2.66. The summed E-state index contributed by atoms with van der Waals surface area (Å²) >= 11 is 0. The van der Waals surface area contributed by atoms with E-state index < -0.39 is 0 Å². The molecule has 0 unspecified atom stereocenters. The van der Waals surface area contributed by atoms with Gasteiger partial charge in [-0.05, 0) is 43.7 Å². The SMILES string of the molecule is CCc1nc(C2CCC(C)CC2)nc2c1CCNC2. The van der Waals surface area contributed by atoms with Crippen molar-refractivity contribution in [3.8, 4) is 0 Å². The summed E-state index contributed by atoms with van der Waals surface area (Å²) in [4.78, 5) is 9.81. The zero-order valence-corrected chi connectivity index (χ0v) is 12.2. The quantitative estimate of drug-likeness (QED) is 0.887. The smallest absolute Gasteiger partial charge is 0.132 e. The van der Waals surface area contributed by atoms with Crippen LogP contribution in [0.25, 0.3) is 0 Å². The fraction of sp³-hybridized carbons (Fsp3) is 0.750. The van der Waals surface area contributed by atoms with Crippen LogP contribution in [0, 0.1) is 5.92 Å². The lowest BCUT2D eigenvalue weighted by atomic mass is 9.82. The molecule has 1 aliphatic heterocycles. The lowest BCUT2D eigenvalue weighted by Gasteiger charge is -2.27. The summed E-state index contributed by atoms with van der Waals surface area (Å²) in [6.07, 6.45) is 7.37. The van der Waals surface area contributed by atoms with Gasteiger partial charge < -0.3 is 5.32 Å². The van der Waals surface area contributed by atoms with Gasteiger partial charge in [0.2, 0.25) is 0 Å². The molecule has 0 spiro atoms.